The second-order valence-electron chi connectivity index (χ2n) is 4.09. The maximum Gasteiger partial charge on any atom is 0.237 e. The van der Waals surface area contributed by atoms with Gasteiger partial charge in [-0.1, -0.05) is 13.8 Å². The van der Waals surface area contributed by atoms with Crippen molar-refractivity contribution in [1.29, 1.82) is 0 Å². The van der Waals surface area contributed by atoms with Crippen molar-refractivity contribution < 1.29 is 9.90 Å². The lowest BCUT2D eigenvalue weighted by Gasteiger charge is -2.17. The number of aliphatic hydroxyl groups is 1. The van der Waals surface area contributed by atoms with E-state index in [-0.39, 0.29) is 18.4 Å². The van der Waals surface area contributed by atoms with Gasteiger partial charge in [0, 0.05) is 6.54 Å². The summed E-state index contributed by atoms with van der Waals surface area (Å²) in [6.45, 7) is 3.98. The zero-order valence-electron chi connectivity index (χ0n) is 9.51. The number of thiophene rings is 1. The summed E-state index contributed by atoms with van der Waals surface area (Å²) in [6, 6.07) is 1.32. The van der Waals surface area contributed by atoms with Gasteiger partial charge in [0.05, 0.1) is 12.1 Å². The lowest BCUT2D eigenvalue weighted by atomic mass is 10.0. The highest BCUT2D eigenvalue weighted by molar-refractivity contribution is 7.07. The van der Waals surface area contributed by atoms with E-state index in [4.69, 9.17) is 5.73 Å². The van der Waals surface area contributed by atoms with Gasteiger partial charge in [0.15, 0.2) is 0 Å². The van der Waals surface area contributed by atoms with E-state index < -0.39 is 12.1 Å². The minimum absolute atomic E-state index is 0.0956. The molecule has 0 aliphatic carbocycles. The van der Waals surface area contributed by atoms with Crippen LogP contribution in [0.4, 0.5) is 0 Å². The Hall–Kier alpha value is -0.910. The van der Waals surface area contributed by atoms with Gasteiger partial charge in [0.2, 0.25) is 5.91 Å². The Kier molecular flexibility index (Phi) is 4.92. The van der Waals surface area contributed by atoms with Crippen molar-refractivity contribution in [2.75, 3.05) is 6.54 Å². The molecule has 16 heavy (non-hydrogen) atoms. The predicted octanol–water partition coefficient (Wildman–Crippen LogP) is 0.881. The van der Waals surface area contributed by atoms with E-state index in [0.717, 1.165) is 5.56 Å². The quantitative estimate of drug-likeness (QED) is 0.717. The summed E-state index contributed by atoms with van der Waals surface area (Å²) in [4.78, 5) is 11.5. The largest absolute Gasteiger partial charge is 0.387 e. The minimum Gasteiger partial charge on any atom is -0.387 e. The van der Waals surface area contributed by atoms with Crippen LogP contribution in [0.3, 0.4) is 0 Å². The van der Waals surface area contributed by atoms with E-state index in [0.29, 0.717) is 0 Å². The Bertz CT molecular complexity index is 325. The molecule has 4 nitrogen and oxygen atoms in total. The Labute approximate surface area is 99.5 Å². The SMILES string of the molecule is CC(C)[C@@H](N)C(=O)NCC(O)c1ccsc1. The minimum atomic E-state index is -0.658. The summed E-state index contributed by atoms with van der Waals surface area (Å²) in [6.07, 6.45) is -0.658. The molecule has 1 rings (SSSR count). The van der Waals surface area contributed by atoms with Gasteiger partial charge in [0.1, 0.15) is 0 Å². The van der Waals surface area contributed by atoms with Crippen LogP contribution < -0.4 is 11.1 Å². The molecule has 0 saturated heterocycles. The normalized spacial score (nSPS) is 14.8. The molecule has 0 aromatic carbocycles. The molecule has 0 spiro atoms. The van der Waals surface area contributed by atoms with Gasteiger partial charge in [0.25, 0.3) is 0 Å². The van der Waals surface area contributed by atoms with E-state index >= 15 is 0 Å². The topological polar surface area (TPSA) is 75.4 Å². The number of carbonyl (C=O) groups is 1. The van der Waals surface area contributed by atoms with Gasteiger partial charge in [-0.3, -0.25) is 4.79 Å². The van der Waals surface area contributed by atoms with E-state index in [1.54, 1.807) is 0 Å². The van der Waals surface area contributed by atoms with E-state index in [9.17, 15) is 9.90 Å². The number of nitrogens with one attached hydrogen (secondary N) is 1. The molecule has 0 radical (unpaired) electrons. The van der Waals surface area contributed by atoms with Gasteiger partial charge < -0.3 is 16.2 Å². The van der Waals surface area contributed by atoms with Crippen molar-refractivity contribution >= 4 is 17.2 Å². The number of amides is 1. The van der Waals surface area contributed by atoms with Gasteiger partial charge in [-0.2, -0.15) is 11.3 Å². The molecule has 0 bridgehead atoms. The molecule has 1 aromatic heterocycles. The fraction of sp³-hybridized carbons (Fsp3) is 0.545. The van der Waals surface area contributed by atoms with Crippen LogP contribution in [0.5, 0.6) is 0 Å². The number of carbonyl (C=O) groups excluding carboxylic acids is 1. The molecule has 0 saturated carbocycles. The Balaban J connectivity index is 2.37. The fourth-order valence-electron chi connectivity index (χ4n) is 1.20. The van der Waals surface area contributed by atoms with Crippen LogP contribution in [0.15, 0.2) is 16.8 Å². The Morgan fingerprint density at radius 1 is 1.62 bits per heavy atom. The average Bonchev–Trinajstić information content (AvgIpc) is 2.77. The van der Waals surface area contributed by atoms with Crippen LogP contribution in [0, 0.1) is 5.92 Å². The number of nitrogens with two attached hydrogens (primary N) is 1. The second kappa shape index (κ2) is 5.98. The van der Waals surface area contributed by atoms with Crippen molar-refractivity contribution in [3.8, 4) is 0 Å². The van der Waals surface area contributed by atoms with E-state index in [1.807, 2.05) is 30.7 Å². The summed E-state index contributed by atoms with van der Waals surface area (Å²) in [7, 11) is 0. The predicted molar refractivity (Wildman–Crippen MR) is 65.1 cm³/mol. The van der Waals surface area contributed by atoms with Crippen molar-refractivity contribution in [3.63, 3.8) is 0 Å². The third-order valence-corrected chi connectivity index (χ3v) is 3.12. The summed E-state index contributed by atoms with van der Waals surface area (Å²) in [5.41, 5.74) is 6.50. The van der Waals surface area contributed by atoms with Crippen molar-refractivity contribution in [1.82, 2.24) is 5.32 Å². The molecule has 2 atom stereocenters. The lowest BCUT2D eigenvalue weighted by Crippen LogP contribution is -2.45. The summed E-state index contributed by atoms with van der Waals surface area (Å²) in [5, 5.41) is 16.1. The first kappa shape index (κ1) is 13.2. The first-order valence-corrected chi connectivity index (χ1v) is 6.20. The molecule has 0 fully saturated rings. The lowest BCUT2D eigenvalue weighted by molar-refractivity contribution is -0.123. The summed E-state index contributed by atoms with van der Waals surface area (Å²) < 4.78 is 0. The standard InChI is InChI=1S/C11H18N2O2S/c1-7(2)10(12)11(15)13-5-9(14)8-3-4-16-6-8/h3-4,6-7,9-10,14H,5,12H2,1-2H3,(H,13,15)/t9?,10-/m1/s1. The van der Waals surface area contributed by atoms with Gasteiger partial charge in [-0.05, 0) is 28.3 Å². The number of hydrogen-bond acceptors (Lipinski definition) is 4. The number of rotatable bonds is 5. The van der Waals surface area contributed by atoms with Crippen LogP contribution >= 0.6 is 11.3 Å². The van der Waals surface area contributed by atoms with E-state index in [2.05, 4.69) is 5.32 Å². The van der Waals surface area contributed by atoms with Crippen LogP contribution in [-0.4, -0.2) is 23.6 Å². The van der Waals surface area contributed by atoms with Gasteiger partial charge in [-0.25, -0.2) is 0 Å². The fourth-order valence-corrected chi connectivity index (χ4v) is 1.91. The molecule has 5 heteroatoms. The highest BCUT2D eigenvalue weighted by Crippen LogP contribution is 2.15. The molecule has 4 N–H and O–H groups in total. The van der Waals surface area contributed by atoms with E-state index in [1.165, 1.54) is 11.3 Å². The first-order valence-electron chi connectivity index (χ1n) is 5.25. The monoisotopic (exact) mass is 242 g/mol. The zero-order chi connectivity index (χ0) is 12.1. The maximum absolute atomic E-state index is 11.5. The highest BCUT2D eigenvalue weighted by Gasteiger charge is 2.18. The number of hydrogen-bond donors (Lipinski definition) is 3. The average molecular weight is 242 g/mol. The smallest absolute Gasteiger partial charge is 0.237 e. The third kappa shape index (κ3) is 3.59. The van der Waals surface area contributed by atoms with Crippen LogP contribution in [0.25, 0.3) is 0 Å². The second-order valence-corrected chi connectivity index (χ2v) is 4.87. The van der Waals surface area contributed by atoms with Crippen LogP contribution in [0.1, 0.15) is 25.5 Å². The van der Waals surface area contributed by atoms with Crippen LogP contribution in [-0.2, 0) is 4.79 Å². The molecular weight excluding hydrogens is 224 g/mol. The molecule has 0 aliphatic heterocycles. The number of aliphatic hydroxyl groups excluding tert-OH is 1. The molecular formula is C11H18N2O2S. The van der Waals surface area contributed by atoms with Gasteiger partial charge >= 0.3 is 0 Å². The van der Waals surface area contributed by atoms with Gasteiger partial charge in [-0.15, -0.1) is 0 Å². The van der Waals surface area contributed by atoms with Crippen LogP contribution in [0.2, 0.25) is 0 Å². The molecule has 0 aliphatic rings. The van der Waals surface area contributed by atoms with Crippen molar-refractivity contribution in [2.24, 2.45) is 11.7 Å². The molecule has 1 amide bonds. The summed E-state index contributed by atoms with van der Waals surface area (Å²) in [5.74, 6) is -0.123. The zero-order valence-corrected chi connectivity index (χ0v) is 10.3. The molecule has 1 heterocycles. The first-order chi connectivity index (χ1) is 7.52. The Morgan fingerprint density at radius 3 is 2.81 bits per heavy atom. The van der Waals surface area contributed by atoms with Crippen molar-refractivity contribution in [2.45, 2.75) is 26.0 Å². The maximum atomic E-state index is 11.5. The third-order valence-electron chi connectivity index (χ3n) is 2.42. The molecule has 1 aromatic rings. The highest BCUT2D eigenvalue weighted by atomic mass is 32.1. The Morgan fingerprint density at radius 2 is 2.31 bits per heavy atom. The van der Waals surface area contributed by atoms with Crippen molar-refractivity contribution in [3.05, 3.63) is 22.4 Å². The summed E-state index contributed by atoms with van der Waals surface area (Å²) >= 11 is 1.52. The molecule has 1 unspecified atom stereocenters. The molecule has 90 valence electrons.